The van der Waals surface area contributed by atoms with Crippen LogP contribution in [0.2, 0.25) is 0 Å². The Morgan fingerprint density at radius 2 is 0.964 bits per heavy atom. The molecule has 0 amide bonds. The predicted molar refractivity (Wildman–Crippen MR) is 235 cm³/mol. The lowest BCUT2D eigenvalue weighted by molar-refractivity contribution is 0.669. The molecule has 0 N–H and O–H groups in total. The van der Waals surface area contributed by atoms with Crippen molar-refractivity contribution < 1.29 is 4.42 Å². The first-order valence-corrected chi connectivity index (χ1v) is 19.5. The maximum atomic E-state index is 6.41. The summed E-state index contributed by atoms with van der Waals surface area (Å²) in [5, 5.41) is 7.31. The number of anilines is 3. The molecule has 0 atom stereocenters. The van der Waals surface area contributed by atoms with Gasteiger partial charge < -0.3 is 9.32 Å². The molecule has 2 aromatic heterocycles. The fraction of sp³-hybridized carbons (Fsp3) is 0. The molecule has 55 heavy (non-hydrogen) atoms. The summed E-state index contributed by atoms with van der Waals surface area (Å²) < 4.78 is 9.02. The van der Waals surface area contributed by atoms with Gasteiger partial charge in [-0.25, -0.2) is 0 Å². The SMILES string of the molecule is c1cc(-c2cccc3sc4ccccc4c23)cc(N(c2ccccc2-c2ccc3c(c2)oc2ccccc23)c2ccccc2-c2cccc3ccccc23)c1. The highest BCUT2D eigenvalue weighted by Crippen LogP contribution is 2.48. The average molecular weight is 720 g/mol. The standard InChI is InChI=1S/C52H33NOS/c1-2-18-38-34(14-1)15-12-24-41(38)42-20-4-8-26-47(42)53(37-17-11-16-35(32-37)40-23-13-29-51-52(40)45-22-6-10-28-50(45)55-51)46-25-7-3-19-39(46)36-30-31-44-43-21-5-9-27-48(43)54-49(44)33-36/h1-33H. The summed E-state index contributed by atoms with van der Waals surface area (Å²) in [5.74, 6) is 0. The van der Waals surface area contributed by atoms with Crippen LogP contribution in [0, 0.1) is 0 Å². The van der Waals surface area contributed by atoms with Crippen molar-refractivity contribution in [2.75, 3.05) is 4.90 Å². The van der Waals surface area contributed by atoms with Gasteiger partial charge in [-0.15, -0.1) is 11.3 Å². The number of nitrogens with zero attached hydrogens (tertiary/aromatic N) is 1. The summed E-state index contributed by atoms with van der Waals surface area (Å²) in [6.07, 6.45) is 0. The molecule has 11 rings (SSSR count). The van der Waals surface area contributed by atoms with Crippen LogP contribution < -0.4 is 4.90 Å². The van der Waals surface area contributed by atoms with Crippen molar-refractivity contribution in [2.24, 2.45) is 0 Å². The zero-order valence-electron chi connectivity index (χ0n) is 29.8. The molecule has 3 heteroatoms. The Morgan fingerprint density at radius 3 is 1.87 bits per heavy atom. The molecule has 0 bridgehead atoms. The number of furan rings is 1. The molecule has 0 saturated carbocycles. The Balaban J connectivity index is 1.16. The van der Waals surface area contributed by atoms with Gasteiger partial charge in [0.05, 0.1) is 11.4 Å². The molecule has 0 aliphatic heterocycles. The van der Waals surface area contributed by atoms with Crippen molar-refractivity contribution >= 4 is 81.3 Å². The first-order valence-electron chi connectivity index (χ1n) is 18.7. The molecular formula is C52H33NOS. The fourth-order valence-corrected chi connectivity index (χ4v) is 9.53. The molecule has 11 aromatic rings. The summed E-state index contributed by atoms with van der Waals surface area (Å²) in [4.78, 5) is 2.45. The molecule has 0 saturated heterocycles. The van der Waals surface area contributed by atoms with Gasteiger partial charge in [-0.3, -0.25) is 0 Å². The molecule has 0 aliphatic rings. The largest absolute Gasteiger partial charge is 0.456 e. The third-order valence-corrected chi connectivity index (χ3v) is 12.0. The molecule has 0 fully saturated rings. The lowest BCUT2D eigenvalue weighted by Gasteiger charge is -2.30. The summed E-state index contributed by atoms with van der Waals surface area (Å²) >= 11 is 1.86. The monoisotopic (exact) mass is 719 g/mol. The van der Waals surface area contributed by atoms with Gasteiger partial charge >= 0.3 is 0 Å². The molecule has 9 aromatic carbocycles. The molecule has 0 aliphatic carbocycles. The lowest BCUT2D eigenvalue weighted by Crippen LogP contribution is -2.12. The lowest BCUT2D eigenvalue weighted by atomic mass is 9.94. The van der Waals surface area contributed by atoms with Gasteiger partial charge in [0, 0.05) is 47.8 Å². The normalized spacial score (nSPS) is 11.6. The molecule has 0 unspecified atom stereocenters. The number of benzene rings is 9. The second-order valence-electron chi connectivity index (χ2n) is 14.0. The van der Waals surface area contributed by atoms with Crippen LogP contribution >= 0.6 is 11.3 Å². The molecular weight excluding hydrogens is 687 g/mol. The van der Waals surface area contributed by atoms with Crippen LogP contribution in [0.1, 0.15) is 0 Å². The predicted octanol–water partition coefficient (Wildman–Crippen LogP) is 15.6. The Bertz CT molecular complexity index is 3240. The molecule has 0 radical (unpaired) electrons. The maximum Gasteiger partial charge on any atom is 0.136 e. The van der Waals surface area contributed by atoms with Crippen LogP contribution in [0.3, 0.4) is 0 Å². The second-order valence-corrected chi connectivity index (χ2v) is 15.1. The Morgan fingerprint density at radius 1 is 0.364 bits per heavy atom. The van der Waals surface area contributed by atoms with Gasteiger partial charge in [0.15, 0.2) is 0 Å². The Labute approximate surface area is 322 Å². The third kappa shape index (κ3) is 5.24. The highest BCUT2D eigenvalue weighted by molar-refractivity contribution is 7.25. The van der Waals surface area contributed by atoms with Crippen molar-refractivity contribution in [2.45, 2.75) is 0 Å². The molecule has 258 valence electrons. The summed E-state index contributed by atoms with van der Waals surface area (Å²) in [5.41, 5.74) is 12.1. The maximum absolute atomic E-state index is 6.41. The van der Waals surface area contributed by atoms with Crippen LogP contribution in [-0.4, -0.2) is 0 Å². The van der Waals surface area contributed by atoms with Crippen molar-refractivity contribution in [3.8, 4) is 33.4 Å². The van der Waals surface area contributed by atoms with Gasteiger partial charge in [-0.1, -0.05) is 146 Å². The Kier molecular flexibility index (Phi) is 7.39. The van der Waals surface area contributed by atoms with E-state index < -0.39 is 0 Å². The third-order valence-electron chi connectivity index (χ3n) is 10.9. The number of fused-ring (bicyclic) bond motifs is 7. The number of hydrogen-bond acceptors (Lipinski definition) is 3. The van der Waals surface area contributed by atoms with E-state index in [4.69, 9.17) is 4.42 Å². The topological polar surface area (TPSA) is 16.4 Å². The Hall–Kier alpha value is -6.94. The van der Waals surface area contributed by atoms with Crippen LogP contribution in [0.4, 0.5) is 17.1 Å². The zero-order chi connectivity index (χ0) is 36.3. The first-order chi connectivity index (χ1) is 27.3. The molecule has 2 nitrogen and oxygen atoms in total. The first kappa shape index (κ1) is 31.6. The van der Waals surface area contributed by atoms with Crippen LogP contribution in [0.25, 0.3) is 86.3 Å². The molecule has 2 heterocycles. The van der Waals surface area contributed by atoms with Crippen molar-refractivity contribution in [1.29, 1.82) is 0 Å². The van der Waals surface area contributed by atoms with E-state index >= 15 is 0 Å². The highest BCUT2D eigenvalue weighted by atomic mass is 32.1. The van der Waals surface area contributed by atoms with Crippen molar-refractivity contribution in [1.82, 2.24) is 0 Å². The van der Waals surface area contributed by atoms with Crippen LogP contribution in [-0.2, 0) is 0 Å². The number of rotatable bonds is 6. The van der Waals surface area contributed by atoms with Gasteiger partial charge in [0.25, 0.3) is 0 Å². The van der Waals surface area contributed by atoms with E-state index in [9.17, 15) is 0 Å². The van der Waals surface area contributed by atoms with E-state index in [2.05, 4.69) is 193 Å². The van der Waals surface area contributed by atoms with Crippen LogP contribution in [0.5, 0.6) is 0 Å². The average Bonchev–Trinajstić information content (AvgIpc) is 3.82. The number of thiophene rings is 1. The number of para-hydroxylation sites is 3. The van der Waals surface area contributed by atoms with Gasteiger partial charge in [0.2, 0.25) is 0 Å². The minimum atomic E-state index is 0.884. The van der Waals surface area contributed by atoms with E-state index in [0.29, 0.717) is 0 Å². The van der Waals surface area contributed by atoms with E-state index in [-0.39, 0.29) is 0 Å². The van der Waals surface area contributed by atoms with Crippen molar-refractivity contribution in [3.05, 3.63) is 200 Å². The summed E-state index contributed by atoms with van der Waals surface area (Å²) in [6, 6.07) is 72.3. The molecule has 0 spiro atoms. The van der Waals surface area contributed by atoms with Crippen LogP contribution in [0.15, 0.2) is 205 Å². The van der Waals surface area contributed by atoms with Gasteiger partial charge in [0.1, 0.15) is 11.2 Å². The van der Waals surface area contributed by atoms with Gasteiger partial charge in [-0.05, 0) is 87.6 Å². The quantitative estimate of drug-likeness (QED) is 0.170. The minimum Gasteiger partial charge on any atom is -0.456 e. The van der Waals surface area contributed by atoms with Crippen molar-refractivity contribution in [3.63, 3.8) is 0 Å². The van der Waals surface area contributed by atoms with Gasteiger partial charge in [-0.2, -0.15) is 0 Å². The van der Waals surface area contributed by atoms with E-state index in [0.717, 1.165) is 55.7 Å². The summed E-state index contributed by atoms with van der Waals surface area (Å²) in [7, 11) is 0. The number of hydrogen-bond donors (Lipinski definition) is 0. The zero-order valence-corrected chi connectivity index (χ0v) is 30.6. The minimum absolute atomic E-state index is 0.884. The van der Waals surface area contributed by atoms with E-state index in [1.54, 1.807) is 0 Å². The fourth-order valence-electron chi connectivity index (χ4n) is 8.40. The second kappa shape index (κ2) is 12.9. The highest BCUT2D eigenvalue weighted by Gasteiger charge is 2.22. The summed E-state index contributed by atoms with van der Waals surface area (Å²) in [6.45, 7) is 0. The van der Waals surface area contributed by atoms with E-state index in [1.165, 1.54) is 47.6 Å². The smallest absolute Gasteiger partial charge is 0.136 e. The van der Waals surface area contributed by atoms with E-state index in [1.807, 2.05) is 23.5 Å².